The second-order valence-electron chi connectivity index (χ2n) is 7.06. The maximum atomic E-state index is 12.0. The molecule has 26 heavy (non-hydrogen) atoms. The summed E-state index contributed by atoms with van der Waals surface area (Å²) in [6.45, 7) is 4.30. The molecule has 2 amide bonds. The lowest BCUT2D eigenvalue weighted by Gasteiger charge is -2.33. The van der Waals surface area contributed by atoms with Crippen molar-refractivity contribution < 1.29 is 19.4 Å². The van der Waals surface area contributed by atoms with Crippen molar-refractivity contribution in [2.24, 2.45) is 0 Å². The number of hydrogen-bond donors (Lipinski definition) is 3. The van der Waals surface area contributed by atoms with Crippen molar-refractivity contribution in [2.75, 3.05) is 45.9 Å². The van der Waals surface area contributed by atoms with Gasteiger partial charge in [0, 0.05) is 39.1 Å². The van der Waals surface area contributed by atoms with Crippen LogP contribution in [0.4, 0.5) is 0 Å². The molecule has 0 aromatic heterocycles. The molecule has 1 unspecified atom stereocenters. The van der Waals surface area contributed by atoms with Crippen molar-refractivity contribution >= 4 is 11.8 Å². The fourth-order valence-corrected chi connectivity index (χ4v) is 3.49. The molecule has 1 heterocycles. The lowest BCUT2D eigenvalue weighted by molar-refractivity contribution is -0.140. The summed E-state index contributed by atoms with van der Waals surface area (Å²) in [6, 6.07) is 8.01. The average molecular weight is 361 g/mol. The molecule has 7 heteroatoms. The Kier molecular flexibility index (Phi) is 6.24. The zero-order valence-corrected chi connectivity index (χ0v) is 15.0. The van der Waals surface area contributed by atoms with Crippen LogP contribution in [0.5, 0.6) is 0 Å². The molecule has 1 fully saturated rings. The van der Waals surface area contributed by atoms with Crippen LogP contribution in [0.1, 0.15) is 17.5 Å². The number of amides is 2. The van der Waals surface area contributed by atoms with Crippen LogP contribution in [0.2, 0.25) is 0 Å². The topological polar surface area (TPSA) is 90.9 Å². The van der Waals surface area contributed by atoms with Gasteiger partial charge in [-0.15, -0.1) is 0 Å². The fourth-order valence-electron chi connectivity index (χ4n) is 3.49. The largest absolute Gasteiger partial charge is 0.388 e. The van der Waals surface area contributed by atoms with Crippen LogP contribution in [-0.4, -0.2) is 73.4 Å². The van der Waals surface area contributed by atoms with Gasteiger partial charge in [-0.25, -0.2) is 0 Å². The van der Waals surface area contributed by atoms with Crippen molar-refractivity contribution in [1.29, 1.82) is 0 Å². The highest BCUT2D eigenvalue weighted by atomic mass is 16.5. The minimum Gasteiger partial charge on any atom is -0.388 e. The van der Waals surface area contributed by atoms with Crippen LogP contribution in [0.15, 0.2) is 24.3 Å². The van der Waals surface area contributed by atoms with E-state index in [-0.39, 0.29) is 6.54 Å². The summed E-state index contributed by atoms with van der Waals surface area (Å²) < 4.78 is 5.27. The molecule has 7 nitrogen and oxygen atoms in total. The molecule has 1 aromatic carbocycles. The smallest absolute Gasteiger partial charge is 0.309 e. The number of benzene rings is 1. The number of aliphatic hydroxyl groups is 1. The lowest BCUT2D eigenvalue weighted by atomic mass is 9.80. The Morgan fingerprint density at radius 3 is 2.58 bits per heavy atom. The number of ether oxygens (including phenoxy) is 1. The zero-order valence-electron chi connectivity index (χ0n) is 15.0. The Hall–Kier alpha value is -1.96. The molecule has 1 aliphatic carbocycles. The first-order chi connectivity index (χ1) is 12.6. The van der Waals surface area contributed by atoms with Crippen molar-refractivity contribution in [3.05, 3.63) is 35.4 Å². The third-order valence-corrected chi connectivity index (χ3v) is 5.10. The highest BCUT2D eigenvalue weighted by Crippen LogP contribution is 2.28. The minimum atomic E-state index is -1.00. The van der Waals surface area contributed by atoms with Crippen molar-refractivity contribution in [3.63, 3.8) is 0 Å². The highest BCUT2D eigenvalue weighted by molar-refractivity contribution is 6.35. The minimum absolute atomic E-state index is 0.0804. The first-order valence-electron chi connectivity index (χ1n) is 9.21. The van der Waals surface area contributed by atoms with Crippen LogP contribution in [-0.2, 0) is 27.2 Å². The number of morpholine rings is 1. The normalized spacial score (nSPS) is 23.1. The SMILES string of the molecule is O=C(NCCN1CCOCC1)C(=O)NCC1(O)CCc2ccccc2C1. The second-order valence-corrected chi connectivity index (χ2v) is 7.06. The Labute approximate surface area is 153 Å². The third-order valence-electron chi connectivity index (χ3n) is 5.10. The van der Waals surface area contributed by atoms with Gasteiger partial charge in [0.15, 0.2) is 0 Å². The summed E-state index contributed by atoms with van der Waals surface area (Å²) in [7, 11) is 0. The number of carbonyl (C=O) groups is 2. The molecule has 0 bridgehead atoms. The Bertz CT molecular complexity index is 645. The van der Waals surface area contributed by atoms with E-state index in [9.17, 15) is 14.7 Å². The summed E-state index contributed by atoms with van der Waals surface area (Å²) in [6.07, 6.45) is 1.83. The second kappa shape index (κ2) is 8.62. The van der Waals surface area contributed by atoms with Crippen molar-refractivity contribution in [1.82, 2.24) is 15.5 Å². The van der Waals surface area contributed by atoms with E-state index in [1.807, 2.05) is 18.2 Å². The van der Waals surface area contributed by atoms with Crippen LogP contribution in [0, 0.1) is 0 Å². The van der Waals surface area contributed by atoms with Crippen molar-refractivity contribution in [2.45, 2.75) is 24.9 Å². The van der Waals surface area contributed by atoms with E-state index < -0.39 is 17.4 Å². The van der Waals surface area contributed by atoms with Gasteiger partial charge in [-0.2, -0.15) is 0 Å². The molecule has 0 spiro atoms. The van der Waals surface area contributed by atoms with Gasteiger partial charge in [-0.1, -0.05) is 24.3 Å². The van der Waals surface area contributed by atoms with Gasteiger partial charge >= 0.3 is 11.8 Å². The van der Waals surface area contributed by atoms with Gasteiger partial charge in [0.1, 0.15) is 0 Å². The molecule has 1 saturated heterocycles. The Balaban J connectivity index is 1.39. The summed E-state index contributed by atoms with van der Waals surface area (Å²) in [5, 5.41) is 15.9. The van der Waals surface area contributed by atoms with Crippen LogP contribution >= 0.6 is 0 Å². The van der Waals surface area contributed by atoms with E-state index in [1.165, 1.54) is 5.56 Å². The standard InChI is InChI=1S/C19H27N3O4/c23-17(20-7-8-22-9-11-26-12-10-22)18(24)21-14-19(25)6-5-15-3-1-2-4-16(15)13-19/h1-4,25H,5-14H2,(H,20,23)(H,21,24). The van der Waals surface area contributed by atoms with Crippen LogP contribution < -0.4 is 10.6 Å². The number of aryl methyl sites for hydroxylation is 1. The van der Waals surface area contributed by atoms with E-state index in [1.54, 1.807) is 0 Å². The predicted molar refractivity (Wildman–Crippen MR) is 96.7 cm³/mol. The van der Waals surface area contributed by atoms with Gasteiger partial charge in [0.2, 0.25) is 0 Å². The number of nitrogens with one attached hydrogen (secondary N) is 2. The molecule has 1 atom stereocenters. The molecule has 1 aliphatic heterocycles. The molecule has 3 N–H and O–H groups in total. The molecule has 1 aromatic rings. The van der Waals surface area contributed by atoms with E-state index in [0.717, 1.165) is 25.1 Å². The quantitative estimate of drug-likeness (QED) is 0.614. The molecule has 2 aliphatic rings. The van der Waals surface area contributed by atoms with Gasteiger partial charge in [-0.3, -0.25) is 14.5 Å². The molecule has 0 saturated carbocycles. The first kappa shape index (κ1) is 18.8. The molecular weight excluding hydrogens is 334 g/mol. The number of fused-ring (bicyclic) bond motifs is 1. The van der Waals surface area contributed by atoms with E-state index in [4.69, 9.17) is 4.74 Å². The fraction of sp³-hybridized carbons (Fsp3) is 0.579. The predicted octanol–water partition coefficient (Wildman–Crippen LogP) is -0.529. The number of rotatable bonds is 5. The van der Waals surface area contributed by atoms with Gasteiger partial charge in [-0.05, 0) is 24.0 Å². The Morgan fingerprint density at radius 1 is 1.12 bits per heavy atom. The van der Waals surface area contributed by atoms with Gasteiger partial charge in [0.25, 0.3) is 0 Å². The monoisotopic (exact) mass is 361 g/mol. The van der Waals surface area contributed by atoms with Crippen LogP contribution in [0.25, 0.3) is 0 Å². The molecule has 3 rings (SSSR count). The third kappa shape index (κ3) is 5.03. The molecular formula is C19H27N3O4. The maximum Gasteiger partial charge on any atom is 0.309 e. The summed E-state index contributed by atoms with van der Waals surface area (Å²) in [5.74, 6) is -1.35. The zero-order chi connectivity index (χ0) is 18.4. The summed E-state index contributed by atoms with van der Waals surface area (Å²) >= 11 is 0. The Morgan fingerprint density at radius 2 is 1.81 bits per heavy atom. The number of nitrogens with zero attached hydrogens (tertiary/aromatic N) is 1. The average Bonchev–Trinajstić information content (AvgIpc) is 2.67. The number of hydrogen-bond acceptors (Lipinski definition) is 5. The van der Waals surface area contributed by atoms with Gasteiger partial charge in [0.05, 0.1) is 18.8 Å². The van der Waals surface area contributed by atoms with Gasteiger partial charge < -0.3 is 20.5 Å². The first-order valence-corrected chi connectivity index (χ1v) is 9.21. The van der Waals surface area contributed by atoms with E-state index in [2.05, 4.69) is 21.6 Å². The highest BCUT2D eigenvalue weighted by Gasteiger charge is 2.32. The summed E-state index contributed by atoms with van der Waals surface area (Å²) in [5.41, 5.74) is 1.34. The number of carbonyl (C=O) groups excluding carboxylic acids is 2. The van der Waals surface area contributed by atoms with E-state index >= 15 is 0 Å². The van der Waals surface area contributed by atoms with Crippen molar-refractivity contribution in [3.8, 4) is 0 Å². The van der Waals surface area contributed by atoms with Crippen LogP contribution in [0.3, 0.4) is 0 Å². The van der Waals surface area contributed by atoms with E-state index in [0.29, 0.717) is 39.1 Å². The summed E-state index contributed by atoms with van der Waals surface area (Å²) in [4.78, 5) is 26.1. The lowest BCUT2D eigenvalue weighted by Crippen LogP contribution is -2.50. The molecule has 142 valence electrons. The molecule has 0 radical (unpaired) electrons. The maximum absolute atomic E-state index is 12.0.